The molecule has 0 amide bonds. The summed E-state index contributed by atoms with van der Waals surface area (Å²) in [5.41, 5.74) is 2.85. The largest absolute Gasteiger partial charge is 0.378 e. The van der Waals surface area contributed by atoms with E-state index in [1.54, 1.807) is 0 Å². The molecule has 8 heteroatoms. The molecule has 35 heavy (non-hydrogen) atoms. The third-order valence-corrected chi connectivity index (χ3v) is 7.50. The summed E-state index contributed by atoms with van der Waals surface area (Å²) in [5.74, 6) is 2.38. The lowest BCUT2D eigenvalue weighted by Crippen LogP contribution is -2.54. The Bertz CT molecular complexity index is 1200. The van der Waals surface area contributed by atoms with Crippen LogP contribution in [0.25, 0.3) is 0 Å². The second-order valence-electron chi connectivity index (χ2n) is 10.4. The van der Waals surface area contributed by atoms with Crippen molar-refractivity contribution in [2.24, 2.45) is 0 Å². The molecule has 3 aromatic rings. The van der Waals surface area contributed by atoms with Crippen LogP contribution in [0.2, 0.25) is 0 Å². The van der Waals surface area contributed by atoms with Crippen LogP contribution in [-0.4, -0.2) is 59.5 Å². The number of nitrogens with zero attached hydrogens (tertiary/aromatic N) is 5. The Labute approximate surface area is 206 Å². The Hall–Kier alpha value is -3.23. The van der Waals surface area contributed by atoms with Crippen molar-refractivity contribution in [2.45, 2.75) is 44.2 Å². The van der Waals surface area contributed by atoms with Gasteiger partial charge in [-0.15, -0.1) is 0 Å². The number of hydrogen-bond acceptors (Lipinski definition) is 8. The molecular formula is C27H32N6O2. The number of hydrogen-bond donors (Lipinski definition) is 1. The van der Waals surface area contributed by atoms with Gasteiger partial charge < -0.3 is 24.6 Å². The lowest BCUT2D eigenvalue weighted by Gasteiger charge is -2.46. The SMILES string of the molecule is CC1(C)C[C@H]2N(c3ccccn3)c3nc(Nc4ccc(N5CCOCC5)cc4)ncc3[C@@]2(C)CO1. The van der Waals surface area contributed by atoms with Crippen LogP contribution in [0.15, 0.2) is 54.9 Å². The molecular weight excluding hydrogens is 440 g/mol. The lowest BCUT2D eigenvalue weighted by atomic mass is 9.73. The molecule has 0 saturated carbocycles. The van der Waals surface area contributed by atoms with Gasteiger partial charge in [0.2, 0.25) is 5.95 Å². The predicted octanol–water partition coefficient (Wildman–Crippen LogP) is 4.43. The number of pyridine rings is 1. The molecule has 3 aliphatic heterocycles. The van der Waals surface area contributed by atoms with Crippen LogP contribution in [0, 0.1) is 0 Å². The van der Waals surface area contributed by atoms with E-state index in [-0.39, 0.29) is 17.1 Å². The van der Waals surface area contributed by atoms with Gasteiger partial charge in [-0.3, -0.25) is 0 Å². The molecule has 0 radical (unpaired) electrons. The predicted molar refractivity (Wildman–Crippen MR) is 137 cm³/mol. The van der Waals surface area contributed by atoms with Gasteiger partial charge >= 0.3 is 0 Å². The summed E-state index contributed by atoms with van der Waals surface area (Å²) in [5, 5.41) is 3.40. The van der Waals surface area contributed by atoms with Gasteiger partial charge in [0.25, 0.3) is 0 Å². The Morgan fingerprint density at radius 2 is 1.80 bits per heavy atom. The molecule has 0 spiro atoms. The molecule has 0 unspecified atom stereocenters. The van der Waals surface area contributed by atoms with E-state index >= 15 is 0 Å². The maximum Gasteiger partial charge on any atom is 0.229 e. The zero-order valence-corrected chi connectivity index (χ0v) is 20.6. The average Bonchev–Trinajstić information content (AvgIpc) is 3.12. The lowest BCUT2D eigenvalue weighted by molar-refractivity contribution is -0.0893. The molecule has 0 bridgehead atoms. The molecule has 0 aliphatic carbocycles. The molecule has 1 N–H and O–H groups in total. The summed E-state index contributed by atoms with van der Waals surface area (Å²) in [6.45, 7) is 10.6. The van der Waals surface area contributed by atoms with Crippen molar-refractivity contribution in [2.75, 3.05) is 48.0 Å². The molecule has 2 saturated heterocycles. The van der Waals surface area contributed by atoms with Crippen molar-refractivity contribution in [3.63, 3.8) is 0 Å². The van der Waals surface area contributed by atoms with Gasteiger partial charge in [-0.25, -0.2) is 9.97 Å². The summed E-state index contributed by atoms with van der Waals surface area (Å²) in [6.07, 6.45) is 4.68. The Morgan fingerprint density at radius 1 is 1.00 bits per heavy atom. The quantitative estimate of drug-likeness (QED) is 0.598. The highest BCUT2D eigenvalue weighted by atomic mass is 16.5. The maximum absolute atomic E-state index is 6.28. The third kappa shape index (κ3) is 4.00. The molecule has 5 heterocycles. The minimum Gasteiger partial charge on any atom is -0.378 e. The summed E-state index contributed by atoms with van der Waals surface area (Å²) < 4.78 is 11.7. The number of rotatable bonds is 4. The number of anilines is 5. The van der Waals surface area contributed by atoms with Crippen molar-refractivity contribution >= 4 is 29.0 Å². The second kappa shape index (κ2) is 8.46. The average molecular weight is 473 g/mol. The summed E-state index contributed by atoms with van der Waals surface area (Å²) in [7, 11) is 0. The van der Waals surface area contributed by atoms with E-state index in [2.05, 4.69) is 71.2 Å². The smallest absolute Gasteiger partial charge is 0.229 e. The fraction of sp³-hybridized carbons (Fsp3) is 0.444. The molecule has 182 valence electrons. The molecule has 2 fully saturated rings. The van der Waals surface area contributed by atoms with Crippen LogP contribution in [0.5, 0.6) is 0 Å². The van der Waals surface area contributed by atoms with Crippen molar-refractivity contribution in [3.05, 3.63) is 60.4 Å². The number of aromatic nitrogens is 3. The summed E-state index contributed by atoms with van der Waals surface area (Å²) in [4.78, 5) is 19.0. The van der Waals surface area contributed by atoms with E-state index in [0.29, 0.717) is 12.6 Å². The van der Waals surface area contributed by atoms with Gasteiger partial charge in [0.05, 0.1) is 31.5 Å². The molecule has 2 atom stereocenters. The second-order valence-corrected chi connectivity index (χ2v) is 10.4. The highest BCUT2D eigenvalue weighted by Gasteiger charge is 2.55. The molecule has 2 aromatic heterocycles. The molecule has 3 aliphatic rings. The van der Waals surface area contributed by atoms with Crippen LogP contribution >= 0.6 is 0 Å². The van der Waals surface area contributed by atoms with E-state index in [1.807, 2.05) is 24.5 Å². The first-order valence-corrected chi connectivity index (χ1v) is 12.3. The first kappa shape index (κ1) is 22.2. The van der Waals surface area contributed by atoms with Crippen molar-refractivity contribution < 1.29 is 9.47 Å². The molecule has 8 nitrogen and oxygen atoms in total. The van der Waals surface area contributed by atoms with Crippen molar-refractivity contribution in [1.29, 1.82) is 0 Å². The van der Waals surface area contributed by atoms with Crippen molar-refractivity contribution in [3.8, 4) is 0 Å². The van der Waals surface area contributed by atoms with Gasteiger partial charge in [-0.2, -0.15) is 4.98 Å². The van der Waals surface area contributed by atoms with E-state index in [0.717, 1.165) is 55.6 Å². The Balaban J connectivity index is 1.32. The monoisotopic (exact) mass is 472 g/mol. The van der Waals surface area contributed by atoms with Gasteiger partial charge in [0, 0.05) is 47.8 Å². The van der Waals surface area contributed by atoms with E-state index in [9.17, 15) is 0 Å². The van der Waals surface area contributed by atoms with Crippen LogP contribution < -0.4 is 15.1 Å². The number of ether oxygens (including phenoxy) is 2. The van der Waals surface area contributed by atoms with Gasteiger partial charge in [0.15, 0.2) is 0 Å². The fourth-order valence-corrected chi connectivity index (χ4v) is 5.46. The number of benzene rings is 1. The molecule has 1 aromatic carbocycles. The Morgan fingerprint density at radius 3 is 2.54 bits per heavy atom. The number of fused-ring (bicyclic) bond motifs is 3. The first-order valence-electron chi connectivity index (χ1n) is 12.3. The van der Waals surface area contributed by atoms with Crippen LogP contribution in [-0.2, 0) is 14.9 Å². The zero-order valence-electron chi connectivity index (χ0n) is 20.6. The topological polar surface area (TPSA) is 75.6 Å². The number of morpholine rings is 1. The standard InChI is InChI=1S/C27H32N6O2/c1-26(2)16-22-27(3,18-35-26)21-17-29-25(31-24(21)33(22)23-6-4-5-11-28-23)30-19-7-9-20(10-8-19)32-12-14-34-15-13-32/h4-11,17,22H,12-16,18H2,1-3H3,(H,29,30,31)/t22-,27-/m1/s1. The van der Waals surface area contributed by atoms with Crippen molar-refractivity contribution in [1.82, 2.24) is 15.0 Å². The summed E-state index contributed by atoms with van der Waals surface area (Å²) in [6, 6.07) is 14.6. The Kier molecular flexibility index (Phi) is 5.38. The highest BCUT2D eigenvalue weighted by Crippen LogP contribution is 2.52. The zero-order chi connectivity index (χ0) is 24.0. The highest BCUT2D eigenvalue weighted by molar-refractivity contribution is 5.71. The van der Waals surface area contributed by atoms with Crippen LogP contribution in [0.3, 0.4) is 0 Å². The number of nitrogens with one attached hydrogen (secondary N) is 1. The minimum atomic E-state index is -0.212. The summed E-state index contributed by atoms with van der Waals surface area (Å²) >= 11 is 0. The van der Waals surface area contributed by atoms with Crippen LogP contribution in [0.1, 0.15) is 32.8 Å². The van der Waals surface area contributed by atoms with Crippen LogP contribution in [0.4, 0.5) is 29.0 Å². The normalized spacial score (nSPS) is 25.2. The van der Waals surface area contributed by atoms with E-state index < -0.39 is 0 Å². The fourth-order valence-electron chi connectivity index (χ4n) is 5.46. The van der Waals surface area contributed by atoms with E-state index in [4.69, 9.17) is 19.4 Å². The first-order chi connectivity index (χ1) is 16.9. The maximum atomic E-state index is 6.28. The minimum absolute atomic E-state index is 0.188. The van der Waals surface area contributed by atoms with Gasteiger partial charge in [0.1, 0.15) is 11.6 Å². The third-order valence-electron chi connectivity index (χ3n) is 7.50. The van der Waals surface area contributed by atoms with Gasteiger partial charge in [-0.05, 0) is 56.7 Å². The molecule has 6 rings (SSSR count). The van der Waals surface area contributed by atoms with Gasteiger partial charge in [-0.1, -0.05) is 13.0 Å². The van der Waals surface area contributed by atoms with E-state index in [1.165, 1.54) is 5.69 Å².